The van der Waals surface area contributed by atoms with Crippen molar-refractivity contribution in [3.05, 3.63) is 35.3 Å². The molecule has 2 aromatic heterocycles. The highest BCUT2D eigenvalue weighted by molar-refractivity contribution is 6.02. The molecule has 0 fully saturated rings. The number of aromatic nitrogens is 3. The van der Waals surface area contributed by atoms with E-state index in [1.165, 1.54) is 10.9 Å². The zero-order chi connectivity index (χ0) is 13.3. The van der Waals surface area contributed by atoms with Crippen LogP contribution >= 0.6 is 0 Å². The van der Waals surface area contributed by atoms with Crippen LogP contribution in [0.4, 0.5) is 11.5 Å². The molecule has 0 saturated carbocycles. The lowest BCUT2D eigenvalue weighted by molar-refractivity contribution is 0.101. The molecule has 2 heterocycles. The predicted octanol–water partition coefficient (Wildman–Crippen LogP) is 1.27. The van der Waals surface area contributed by atoms with Crippen LogP contribution in [0.15, 0.2) is 18.3 Å². The Morgan fingerprint density at radius 3 is 2.67 bits per heavy atom. The van der Waals surface area contributed by atoms with Gasteiger partial charge in [-0.15, -0.1) is 0 Å². The van der Waals surface area contributed by atoms with Crippen LogP contribution in [0.5, 0.6) is 0 Å². The van der Waals surface area contributed by atoms with Crippen molar-refractivity contribution in [3.63, 3.8) is 0 Å². The standard InChI is InChI=1S/C12H15N5O/c1-7-4-11(14-6-9(7)13)15-12(18)10-5-8(2)16-17(10)3/h4-6H,13H2,1-3H3,(H,14,15,18). The maximum atomic E-state index is 12.0. The summed E-state index contributed by atoms with van der Waals surface area (Å²) in [5, 5.41) is 6.83. The van der Waals surface area contributed by atoms with Crippen molar-refractivity contribution in [3.8, 4) is 0 Å². The van der Waals surface area contributed by atoms with E-state index in [9.17, 15) is 4.79 Å². The van der Waals surface area contributed by atoms with Gasteiger partial charge in [0.2, 0.25) is 0 Å². The summed E-state index contributed by atoms with van der Waals surface area (Å²) in [7, 11) is 1.73. The second kappa shape index (κ2) is 4.48. The van der Waals surface area contributed by atoms with Crippen LogP contribution < -0.4 is 11.1 Å². The van der Waals surface area contributed by atoms with Crippen LogP contribution in [0.3, 0.4) is 0 Å². The Kier molecular flexibility index (Phi) is 3.01. The minimum atomic E-state index is -0.241. The molecular weight excluding hydrogens is 230 g/mol. The number of carbonyl (C=O) groups excluding carboxylic acids is 1. The molecule has 0 aliphatic heterocycles. The molecule has 0 saturated heterocycles. The zero-order valence-corrected chi connectivity index (χ0v) is 10.6. The first-order valence-electron chi connectivity index (χ1n) is 5.51. The number of hydrogen-bond acceptors (Lipinski definition) is 4. The molecule has 0 aliphatic carbocycles. The number of nitrogen functional groups attached to an aromatic ring is 1. The molecule has 2 aromatic rings. The highest BCUT2D eigenvalue weighted by atomic mass is 16.2. The minimum absolute atomic E-state index is 0.241. The van der Waals surface area contributed by atoms with Gasteiger partial charge in [-0.25, -0.2) is 4.98 Å². The smallest absolute Gasteiger partial charge is 0.275 e. The van der Waals surface area contributed by atoms with Crippen molar-refractivity contribution in [1.29, 1.82) is 0 Å². The number of nitrogens with zero attached hydrogens (tertiary/aromatic N) is 3. The Morgan fingerprint density at radius 1 is 1.39 bits per heavy atom. The summed E-state index contributed by atoms with van der Waals surface area (Å²) in [5.74, 6) is 0.236. The molecule has 0 atom stereocenters. The number of aryl methyl sites for hydroxylation is 3. The first-order valence-corrected chi connectivity index (χ1v) is 5.51. The Morgan fingerprint density at radius 2 is 2.11 bits per heavy atom. The fourth-order valence-electron chi connectivity index (χ4n) is 1.64. The zero-order valence-electron chi connectivity index (χ0n) is 10.6. The van der Waals surface area contributed by atoms with Crippen molar-refractivity contribution in [2.45, 2.75) is 13.8 Å². The molecule has 1 amide bonds. The Balaban J connectivity index is 2.21. The molecular formula is C12H15N5O. The van der Waals surface area contributed by atoms with E-state index >= 15 is 0 Å². The molecule has 94 valence electrons. The summed E-state index contributed by atoms with van der Waals surface area (Å²) in [6.07, 6.45) is 1.53. The summed E-state index contributed by atoms with van der Waals surface area (Å²) in [5.41, 5.74) is 8.43. The van der Waals surface area contributed by atoms with Crippen LogP contribution in [0.2, 0.25) is 0 Å². The molecule has 3 N–H and O–H groups in total. The minimum Gasteiger partial charge on any atom is -0.397 e. The molecule has 6 heteroatoms. The van der Waals surface area contributed by atoms with Gasteiger partial charge in [-0.1, -0.05) is 0 Å². The maximum Gasteiger partial charge on any atom is 0.275 e. The molecule has 6 nitrogen and oxygen atoms in total. The van der Waals surface area contributed by atoms with Gasteiger partial charge in [0.1, 0.15) is 11.5 Å². The normalized spacial score (nSPS) is 10.4. The highest BCUT2D eigenvalue weighted by Gasteiger charge is 2.12. The monoisotopic (exact) mass is 245 g/mol. The summed E-state index contributed by atoms with van der Waals surface area (Å²) >= 11 is 0. The summed E-state index contributed by atoms with van der Waals surface area (Å²) in [4.78, 5) is 16.1. The molecule has 0 unspecified atom stereocenters. The number of nitrogens with one attached hydrogen (secondary N) is 1. The van der Waals surface area contributed by atoms with E-state index in [0.717, 1.165) is 11.3 Å². The molecule has 2 rings (SSSR count). The number of nitrogens with two attached hydrogens (primary N) is 1. The largest absolute Gasteiger partial charge is 0.397 e. The van der Waals surface area contributed by atoms with Gasteiger partial charge in [0.15, 0.2) is 0 Å². The molecule has 0 radical (unpaired) electrons. The number of amides is 1. The molecule has 0 bridgehead atoms. The van der Waals surface area contributed by atoms with E-state index in [0.29, 0.717) is 17.2 Å². The molecule has 0 aromatic carbocycles. The first kappa shape index (κ1) is 12.1. The number of carbonyl (C=O) groups is 1. The Bertz CT molecular complexity index is 603. The SMILES string of the molecule is Cc1cc(C(=O)Nc2cc(C)c(N)cn2)n(C)n1. The number of pyridine rings is 1. The average molecular weight is 245 g/mol. The average Bonchev–Trinajstić information content (AvgIpc) is 2.63. The molecule has 0 aliphatic rings. The van der Waals surface area contributed by atoms with Gasteiger partial charge in [0, 0.05) is 7.05 Å². The molecule has 18 heavy (non-hydrogen) atoms. The Hall–Kier alpha value is -2.37. The van der Waals surface area contributed by atoms with Gasteiger partial charge >= 0.3 is 0 Å². The summed E-state index contributed by atoms with van der Waals surface area (Å²) in [6, 6.07) is 3.45. The lowest BCUT2D eigenvalue weighted by Gasteiger charge is -2.06. The third kappa shape index (κ3) is 2.32. The van der Waals surface area contributed by atoms with Crippen LogP contribution in [0.25, 0.3) is 0 Å². The molecule has 0 spiro atoms. The number of anilines is 2. The van der Waals surface area contributed by atoms with Crippen LogP contribution in [-0.2, 0) is 7.05 Å². The van der Waals surface area contributed by atoms with E-state index in [1.54, 1.807) is 19.2 Å². The van der Waals surface area contributed by atoms with Crippen molar-refractivity contribution in [1.82, 2.24) is 14.8 Å². The fourth-order valence-corrected chi connectivity index (χ4v) is 1.64. The van der Waals surface area contributed by atoms with E-state index < -0.39 is 0 Å². The third-order valence-electron chi connectivity index (χ3n) is 2.63. The van der Waals surface area contributed by atoms with Crippen molar-refractivity contribution in [2.75, 3.05) is 11.1 Å². The van der Waals surface area contributed by atoms with Gasteiger partial charge in [-0.3, -0.25) is 9.48 Å². The van der Waals surface area contributed by atoms with Crippen LogP contribution in [0, 0.1) is 13.8 Å². The van der Waals surface area contributed by atoms with E-state index in [-0.39, 0.29) is 5.91 Å². The quantitative estimate of drug-likeness (QED) is 0.834. The Labute approximate surface area is 105 Å². The van der Waals surface area contributed by atoms with Crippen LogP contribution in [-0.4, -0.2) is 20.7 Å². The highest BCUT2D eigenvalue weighted by Crippen LogP contribution is 2.14. The number of hydrogen-bond donors (Lipinski definition) is 2. The van der Waals surface area contributed by atoms with Gasteiger partial charge in [-0.05, 0) is 31.5 Å². The van der Waals surface area contributed by atoms with Gasteiger partial charge in [0.25, 0.3) is 5.91 Å². The fraction of sp³-hybridized carbons (Fsp3) is 0.250. The topological polar surface area (TPSA) is 85.8 Å². The second-order valence-electron chi connectivity index (χ2n) is 4.17. The van der Waals surface area contributed by atoms with Gasteiger partial charge in [0.05, 0.1) is 17.6 Å². The predicted molar refractivity (Wildman–Crippen MR) is 69.3 cm³/mol. The van der Waals surface area contributed by atoms with Gasteiger partial charge in [-0.2, -0.15) is 5.10 Å². The van der Waals surface area contributed by atoms with Gasteiger partial charge < -0.3 is 11.1 Å². The third-order valence-corrected chi connectivity index (χ3v) is 2.63. The maximum absolute atomic E-state index is 12.0. The van der Waals surface area contributed by atoms with Crippen molar-refractivity contribution < 1.29 is 4.79 Å². The summed E-state index contributed by atoms with van der Waals surface area (Å²) in [6.45, 7) is 3.70. The first-order chi connectivity index (χ1) is 8.47. The number of rotatable bonds is 2. The van der Waals surface area contributed by atoms with E-state index in [4.69, 9.17) is 5.73 Å². The van der Waals surface area contributed by atoms with Crippen LogP contribution in [0.1, 0.15) is 21.7 Å². The summed E-state index contributed by atoms with van der Waals surface area (Å²) < 4.78 is 1.54. The van der Waals surface area contributed by atoms with Crippen molar-refractivity contribution in [2.24, 2.45) is 7.05 Å². The van der Waals surface area contributed by atoms with E-state index in [1.807, 2.05) is 13.8 Å². The lowest BCUT2D eigenvalue weighted by atomic mass is 10.2. The van der Waals surface area contributed by atoms with E-state index in [2.05, 4.69) is 15.4 Å². The second-order valence-corrected chi connectivity index (χ2v) is 4.17. The van der Waals surface area contributed by atoms with Crippen molar-refractivity contribution >= 4 is 17.4 Å². The lowest BCUT2D eigenvalue weighted by Crippen LogP contribution is -2.17.